The van der Waals surface area contributed by atoms with E-state index in [9.17, 15) is 10.1 Å². The van der Waals surface area contributed by atoms with Crippen molar-refractivity contribution < 1.29 is 4.92 Å². The summed E-state index contributed by atoms with van der Waals surface area (Å²) in [5.74, 6) is 0.236. The molecule has 166 valence electrons. The molecule has 0 unspecified atom stereocenters. The maximum Gasteiger partial charge on any atom is 0.294 e. The number of anilines is 1. The Bertz CT molecular complexity index is 1150. The fourth-order valence-electron chi connectivity index (χ4n) is 4.45. The van der Waals surface area contributed by atoms with Crippen molar-refractivity contribution in [3.8, 4) is 5.69 Å². The number of hydrogen-bond acceptors (Lipinski definition) is 5. The van der Waals surface area contributed by atoms with Crippen LogP contribution in [0.1, 0.15) is 34.9 Å². The average Bonchev–Trinajstić information content (AvgIpc) is 3.35. The Morgan fingerprint density at radius 3 is 2.53 bits per heavy atom. The van der Waals surface area contributed by atoms with E-state index in [0.29, 0.717) is 5.69 Å². The van der Waals surface area contributed by atoms with Crippen LogP contribution in [0.2, 0.25) is 0 Å². The van der Waals surface area contributed by atoms with E-state index in [2.05, 4.69) is 51.7 Å². The summed E-state index contributed by atoms with van der Waals surface area (Å²) >= 11 is 0. The number of benzene rings is 2. The Labute approximate surface area is 188 Å². The summed E-state index contributed by atoms with van der Waals surface area (Å²) in [5.41, 5.74) is 6.02. The molecule has 0 amide bonds. The molecule has 1 aromatic heterocycles. The smallest absolute Gasteiger partial charge is 0.294 e. The van der Waals surface area contributed by atoms with Crippen molar-refractivity contribution in [2.45, 2.75) is 38.8 Å². The first-order valence-electron chi connectivity index (χ1n) is 10.8. The third-order valence-corrected chi connectivity index (χ3v) is 6.13. The van der Waals surface area contributed by atoms with Crippen LogP contribution in [0.5, 0.6) is 0 Å². The number of nitrogens with one attached hydrogen (secondary N) is 1. The number of para-hydroxylation sites is 2. The van der Waals surface area contributed by atoms with Crippen LogP contribution in [0, 0.1) is 24.0 Å². The van der Waals surface area contributed by atoms with Crippen LogP contribution < -0.4 is 10.2 Å². The minimum absolute atomic E-state index is 0.0615. The number of nitrogens with zero attached hydrogens (tertiary/aromatic N) is 4. The number of allylic oxidation sites excluding steroid dienone is 1. The van der Waals surface area contributed by atoms with E-state index < -0.39 is 0 Å². The molecule has 32 heavy (non-hydrogen) atoms. The lowest BCUT2D eigenvalue weighted by Crippen LogP contribution is -2.25. The van der Waals surface area contributed by atoms with Crippen LogP contribution in [0.4, 0.5) is 11.4 Å². The van der Waals surface area contributed by atoms with Crippen LogP contribution in [0.25, 0.3) is 5.69 Å². The first-order valence-corrected chi connectivity index (χ1v) is 10.8. The Morgan fingerprint density at radius 1 is 1.12 bits per heavy atom. The Hall–Kier alpha value is -3.45. The van der Waals surface area contributed by atoms with E-state index in [1.54, 1.807) is 22.9 Å². The Balaban J connectivity index is 1.47. The summed E-state index contributed by atoms with van der Waals surface area (Å²) in [6.45, 7) is 4.78. The molecule has 1 aliphatic rings. The van der Waals surface area contributed by atoms with Crippen molar-refractivity contribution in [3.63, 3.8) is 0 Å². The van der Waals surface area contributed by atoms with Gasteiger partial charge < -0.3 is 10.2 Å². The molecule has 1 aliphatic carbocycles. The van der Waals surface area contributed by atoms with Gasteiger partial charge in [-0.25, -0.2) is 4.68 Å². The number of nitro benzene ring substituents is 1. The van der Waals surface area contributed by atoms with Crippen LogP contribution in [0.15, 0.2) is 60.7 Å². The molecule has 2 aromatic carbocycles. The predicted molar refractivity (Wildman–Crippen MR) is 128 cm³/mol. The van der Waals surface area contributed by atoms with Crippen molar-refractivity contribution >= 4 is 11.4 Å². The molecule has 3 aromatic rings. The maximum atomic E-state index is 11.5. The van der Waals surface area contributed by atoms with E-state index in [-0.39, 0.29) is 22.6 Å². The number of rotatable bonds is 7. The molecule has 7 heteroatoms. The monoisotopic (exact) mass is 431 g/mol. The molecule has 7 nitrogen and oxygen atoms in total. The number of nitro groups is 1. The first-order chi connectivity index (χ1) is 15.3. The average molecular weight is 432 g/mol. The van der Waals surface area contributed by atoms with Crippen molar-refractivity contribution in [2.75, 3.05) is 19.0 Å². The second-order valence-electron chi connectivity index (χ2n) is 8.52. The van der Waals surface area contributed by atoms with E-state index in [0.717, 1.165) is 29.9 Å². The van der Waals surface area contributed by atoms with Gasteiger partial charge in [0.05, 0.1) is 10.6 Å². The minimum atomic E-state index is -0.355. The number of aryl methyl sites for hydroxylation is 1. The highest BCUT2D eigenvalue weighted by Crippen LogP contribution is 2.35. The fraction of sp³-hybridized carbons (Fsp3) is 0.320. The van der Waals surface area contributed by atoms with E-state index in [1.807, 2.05) is 27.9 Å². The zero-order valence-electron chi connectivity index (χ0n) is 18.9. The zero-order valence-corrected chi connectivity index (χ0v) is 18.9. The maximum absolute atomic E-state index is 11.5. The Morgan fingerprint density at radius 2 is 1.84 bits per heavy atom. The lowest BCUT2D eigenvalue weighted by atomic mass is 9.96. The molecule has 0 saturated heterocycles. The predicted octanol–water partition coefficient (Wildman–Crippen LogP) is 4.67. The van der Waals surface area contributed by atoms with E-state index in [4.69, 9.17) is 0 Å². The lowest BCUT2D eigenvalue weighted by Gasteiger charge is -2.16. The third-order valence-electron chi connectivity index (χ3n) is 6.13. The molecule has 0 saturated carbocycles. The van der Waals surface area contributed by atoms with Gasteiger partial charge in [0.15, 0.2) is 0 Å². The molecule has 0 radical (unpaired) electrons. The summed E-state index contributed by atoms with van der Waals surface area (Å²) in [7, 11) is 4.08. The lowest BCUT2D eigenvalue weighted by molar-refractivity contribution is -0.384. The minimum Gasteiger partial charge on any atom is -0.378 e. The quantitative estimate of drug-likeness (QED) is 0.334. The molecule has 0 fully saturated rings. The SMILES string of the molecule is Cc1nn(-c2ccccc2[N+](=O)[O-])c(C)c1[C@@H]1C=C[C@@H](NCc2ccc(N(C)C)cc2)C1. The standard InChI is InChI=1S/C25H29N5O2/c1-17-25(18(2)29(27-17)23-7-5-6-8-24(23)30(31)32)20-11-12-21(15-20)26-16-19-9-13-22(14-10-19)28(3)4/h5-14,20-21,26H,15-16H2,1-4H3/t20-,21-/m1/s1. The van der Waals surface area contributed by atoms with Crippen LogP contribution in [-0.2, 0) is 6.54 Å². The van der Waals surface area contributed by atoms with Crippen LogP contribution in [0.3, 0.4) is 0 Å². The highest BCUT2D eigenvalue weighted by atomic mass is 16.6. The molecule has 4 rings (SSSR count). The van der Waals surface area contributed by atoms with Crippen molar-refractivity contribution in [1.29, 1.82) is 0 Å². The zero-order chi connectivity index (χ0) is 22.8. The molecule has 1 heterocycles. The summed E-state index contributed by atoms with van der Waals surface area (Å²) in [5, 5.41) is 19.8. The van der Waals surface area contributed by atoms with E-state index >= 15 is 0 Å². The largest absolute Gasteiger partial charge is 0.378 e. The molecular weight excluding hydrogens is 402 g/mol. The second-order valence-corrected chi connectivity index (χ2v) is 8.52. The molecule has 1 N–H and O–H groups in total. The number of hydrogen-bond donors (Lipinski definition) is 1. The fourth-order valence-corrected chi connectivity index (χ4v) is 4.45. The van der Waals surface area contributed by atoms with Gasteiger partial charge in [-0.15, -0.1) is 0 Å². The molecule has 2 atom stereocenters. The van der Waals surface area contributed by atoms with Gasteiger partial charge in [-0.05, 0) is 44.0 Å². The molecule has 0 bridgehead atoms. The van der Waals surface area contributed by atoms with Crippen LogP contribution in [-0.4, -0.2) is 34.8 Å². The van der Waals surface area contributed by atoms with Crippen molar-refractivity contribution in [2.24, 2.45) is 0 Å². The summed E-state index contributed by atoms with van der Waals surface area (Å²) in [6, 6.07) is 15.6. The summed E-state index contributed by atoms with van der Waals surface area (Å²) in [4.78, 5) is 13.2. The molecule has 0 aliphatic heterocycles. The highest BCUT2D eigenvalue weighted by Gasteiger charge is 2.27. The normalized spacial score (nSPS) is 17.6. The first kappa shape index (κ1) is 21.8. The van der Waals surface area contributed by atoms with Gasteiger partial charge in [0, 0.05) is 55.6 Å². The van der Waals surface area contributed by atoms with Gasteiger partial charge in [-0.3, -0.25) is 10.1 Å². The molecular formula is C25H29N5O2. The van der Waals surface area contributed by atoms with Crippen molar-refractivity contribution in [3.05, 3.63) is 93.3 Å². The molecule has 0 spiro atoms. The van der Waals surface area contributed by atoms with Gasteiger partial charge in [-0.2, -0.15) is 5.10 Å². The van der Waals surface area contributed by atoms with Gasteiger partial charge in [0.1, 0.15) is 5.69 Å². The van der Waals surface area contributed by atoms with Gasteiger partial charge in [-0.1, -0.05) is 36.4 Å². The van der Waals surface area contributed by atoms with Gasteiger partial charge in [0.25, 0.3) is 5.69 Å². The third kappa shape index (κ3) is 4.29. The van der Waals surface area contributed by atoms with Crippen LogP contribution >= 0.6 is 0 Å². The topological polar surface area (TPSA) is 76.2 Å². The van der Waals surface area contributed by atoms with Gasteiger partial charge >= 0.3 is 0 Å². The van der Waals surface area contributed by atoms with Gasteiger partial charge in [0.2, 0.25) is 0 Å². The number of aromatic nitrogens is 2. The second kappa shape index (κ2) is 8.96. The van der Waals surface area contributed by atoms with E-state index in [1.165, 1.54) is 17.3 Å². The van der Waals surface area contributed by atoms with Crippen molar-refractivity contribution in [1.82, 2.24) is 15.1 Å². The summed E-state index contributed by atoms with van der Waals surface area (Å²) < 4.78 is 1.71. The summed E-state index contributed by atoms with van der Waals surface area (Å²) in [6.07, 6.45) is 5.40. The Kier molecular flexibility index (Phi) is 6.10. The highest BCUT2D eigenvalue weighted by molar-refractivity contribution is 5.54.